The first-order valence-corrected chi connectivity index (χ1v) is 26.0. The second-order valence-corrected chi connectivity index (χ2v) is 21.8. The topological polar surface area (TPSA) is 25.8 Å². The monoisotopic (exact) mass is 946 g/mol. The minimum atomic E-state index is -0.0491. The van der Waals surface area contributed by atoms with Crippen LogP contribution in [0.4, 0.5) is 0 Å². The van der Waals surface area contributed by atoms with E-state index in [9.17, 15) is 0 Å². The number of hydrogen-bond acceptors (Lipinski definition) is 2. The molecule has 1 aromatic heterocycles. The molecule has 0 fully saturated rings. The molecule has 1 heterocycles. The lowest BCUT2D eigenvalue weighted by Crippen LogP contribution is -2.14. The lowest BCUT2D eigenvalue weighted by molar-refractivity contribution is 0.660. The Morgan fingerprint density at radius 3 is 0.878 bits per heavy atom. The lowest BCUT2D eigenvalue weighted by atomic mass is 9.81. The van der Waals surface area contributed by atoms with E-state index >= 15 is 0 Å². The van der Waals surface area contributed by atoms with E-state index in [0.29, 0.717) is 0 Å². The average Bonchev–Trinajstić information content (AvgIpc) is 3.88. The standard InChI is InChI=1S/C72H54N2/c1-43-44(2)74-70-62-34-30-54(50-20-12-16-46(36-50)48-18-14-22-52(38-48)56-28-32-60-58-24-8-10-26-66(58)72(5,6)68(60)42-56)40-64(62)63-39-53(29-33-61(63)69(70)73-43)49-19-11-15-45(35-49)47-17-13-21-51(37-47)55-27-31-59-57-23-7-9-25-65(57)71(3,4)67(59)41-55/h7-42H,1-6H3. The van der Waals surface area contributed by atoms with Crippen LogP contribution in [0.2, 0.25) is 0 Å². The van der Waals surface area contributed by atoms with E-state index in [1.807, 2.05) is 0 Å². The molecule has 14 rings (SSSR count). The molecule has 2 heteroatoms. The van der Waals surface area contributed by atoms with E-state index < -0.39 is 0 Å². The second-order valence-electron chi connectivity index (χ2n) is 21.8. The van der Waals surface area contributed by atoms with Gasteiger partial charge >= 0.3 is 0 Å². The van der Waals surface area contributed by atoms with Crippen LogP contribution in [0, 0.1) is 13.8 Å². The van der Waals surface area contributed by atoms with Gasteiger partial charge in [0.1, 0.15) is 0 Å². The van der Waals surface area contributed by atoms with Crippen molar-refractivity contribution in [1.82, 2.24) is 9.97 Å². The highest BCUT2D eigenvalue weighted by Gasteiger charge is 2.36. The number of rotatable bonds is 6. The largest absolute Gasteiger partial charge is 0.249 e. The molecule has 0 aliphatic heterocycles. The van der Waals surface area contributed by atoms with Crippen LogP contribution in [0.1, 0.15) is 61.3 Å². The van der Waals surface area contributed by atoms with Crippen LogP contribution < -0.4 is 0 Å². The van der Waals surface area contributed by atoms with Gasteiger partial charge in [-0.25, -0.2) is 9.97 Å². The van der Waals surface area contributed by atoms with E-state index in [0.717, 1.165) is 44.3 Å². The summed E-state index contributed by atoms with van der Waals surface area (Å²) >= 11 is 0. The third kappa shape index (κ3) is 6.85. The first-order chi connectivity index (χ1) is 36.0. The molecule has 11 aromatic carbocycles. The van der Waals surface area contributed by atoms with Crippen molar-refractivity contribution in [2.75, 3.05) is 0 Å². The van der Waals surface area contributed by atoms with Crippen molar-refractivity contribution in [2.45, 2.75) is 52.4 Å². The molecule has 2 aliphatic rings. The molecule has 0 bridgehead atoms. The molecule has 0 atom stereocenters. The van der Waals surface area contributed by atoms with Gasteiger partial charge in [0.15, 0.2) is 0 Å². The van der Waals surface area contributed by atoms with E-state index in [-0.39, 0.29) is 10.8 Å². The van der Waals surface area contributed by atoms with Gasteiger partial charge in [-0.15, -0.1) is 0 Å². The van der Waals surface area contributed by atoms with Gasteiger partial charge in [0.05, 0.1) is 22.4 Å². The van der Waals surface area contributed by atoms with Gasteiger partial charge in [-0.3, -0.25) is 0 Å². The van der Waals surface area contributed by atoms with Crippen LogP contribution in [0.15, 0.2) is 218 Å². The van der Waals surface area contributed by atoms with Gasteiger partial charge in [0, 0.05) is 21.6 Å². The minimum absolute atomic E-state index is 0.0491. The van der Waals surface area contributed by atoms with Crippen LogP contribution in [0.25, 0.3) is 122 Å². The Balaban J connectivity index is 0.827. The Hall–Kier alpha value is -8.72. The Labute approximate surface area is 433 Å². The SMILES string of the molecule is Cc1nc2c3ccc(-c4cccc(-c5cccc(-c6ccc7c(c6)C(C)(C)c6ccccc6-7)c5)c4)cc3c3cc(-c4cccc(-c5cccc(-c6ccc7c(c6)C(C)(C)c6ccccc6-7)c5)c4)ccc3c2nc1C. The molecular formula is C72H54N2. The Morgan fingerprint density at radius 1 is 0.243 bits per heavy atom. The zero-order valence-electron chi connectivity index (χ0n) is 42.7. The van der Waals surface area contributed by atoms with Crippen molar-refractivity contribution >= 4 is 32.6 Å². The van der Waals surface area contributed by atoms with Gasteiger partial charge < -0.3 is 0 Å². The highest BCUT2D eigenvalue weighted by molar-refractivity contribution is 6.24. The third-order valence-corrected chi connectivity index (χ3v) is 16.8. The molecule has 0 saturated carbocycles. The first kappa shape index (κ1) is 44.0. The van der Waals surface area contributed by atoms with E-state index in [1.54, 1.807) is 0 Å². The number of nitrogens with zero attached hydrogens (tertiary/aromatic N) is 2. The van der Waals surface area contributed by atoms with Crippen LogP contribution in [0.3, 0.4) is 0 Å². The molecule has 0 radical (unpaired) electrons. The van der Waals surface area contributed by atoms with Gasteiger partial charge in [-0.05, 0) is 184 Å². The second kappa shape index (κ2) is 16.4. The summed E-state index contributed by atoms with van der Waals surface area (Å²) in [5.74, 6) is 0. The number of aryl methyl sites for hydroxylation is 2. The maximum absolute atomic E-state index is 5.21. The Kier molecular flexibility index (Phi) is 9.76. The minimum Gasteiger partial charge on any atom is -0.249 e. The van der Waals surface area contributed by atoms with Crippen molar-refractivity contribution in [3.05, 3.63) is 252 Å². The van der Waals surface area contributed by atoms with Crippen LogP contribution in [-0.4, -0.2) is 9.97 Å². The number of hydrogen-bond donors (Lipinski definition) is 0. The zero-order valence-corrected chi connectivity index (χ0v) is 42.7. The van der Waals surface area contributed by atoms with Gasteiger partial charge in [-0.1, -0.05) is 198 Å². The highest BCUT2D eigenvalue weighted by Crippen LogP contribution is 2.51. The summed E-state index contributed by atoms with van der Waals surface area (Å²) in [4.78, 5) is 10.4. The molecule has 2 aliphatic carbocycles. The normalized spacial score (nSPS) is 13.8. The maximum atomic E-state index is 5.21. The average molecular weight is 947 g/mol. The molecule has 0 N–H and O–H groups in total. The number of fused-ring (bicyclic) bond motifs is 12. The zero-order chi connectivity index (χ0) is 50.0. The lowest BCUT2D eigenvalue weighted by Gasteiger charge is -2.22. The van der Waals surface area contributed by atoms with E-state index in [1.165, 1.54) is 111 Å². The summed E-state index contributed by atoms with van der Waals surface area (Å²) in [7, 11) is 0. The molecule has 0 amide bonds. The van der Waals surface area contributed by atoms with Crippen molar-refractivity contribution in [3.8, 4) is 89.0 Å². The first-order valence-electron chi connectivity index (χ1n) is 26.0. The smallest absolute Gasteiger partial charge is 0.0975 e. The molecule has 12 aromatic rings. The van der Waals surface area contributed by atoms with Crippen LogP contribution >= 0.6 is 0 Å². The summed E-state index contributed by atoms with van der Waals surface area (Å²) in [5, 5.41) is 4.56. The molecular weight excluding hydrogens is 893 g/mol. The summed E-state index contributed by atoms with van der Waals surface area (Å²) in [5.41, 5.74) is 29.0. The Morgan fingerprint density at radius 2 is 0.527 bits per heavy atom. The van der Waals surface area contributed by atoms with Crippen molar-refractivity contribution in [1.29, 1.82) is 0 Å². The summed E-state index contributed by atoms with van der Waals surface area (Å²) in [6, 6.07) is 81.6. The van der Waals surface area contributed by atoms with Crippen molar-refractivity contribution in [3.63, 3.8) is 0 Å². The summed E-state index contributed by atoms with van der Waals surface area (Å²) in [6.07, 6.45) is 0. The highest BCUT2D eigenvalue weighted by atomic mass is 14.8. The van der Waals surface area contributed by atoms with Crippen molar-refractivity contribution < 1.29 is 0 Å². The van der Waals surface area contributed by atoms with Gasteiger partial charge in [-0.2, -0.15) is 0 Å². The molecule has 0 unspecified atom stereocenters. The summed E-state index contributed by atoms with van der Waals surface area (Å²) < 4.78 is 0. The van der Waals surface area contributed by atoms with Crippen molar-refractivity contribution in [2.24, 2.45) is 0 Å². The number of benzene rings is 11. The predicted molar refractivity (Wildman–Crippen MR) is 312 cm³/mol. The fourth-order valence-electron chi connectivity index (χ4n) is 12.6. The predicted octanol–water partition coefficient (Wildman–Crippen LogP) is 19.2. The van der Waals surface area contributed by atoms with Gasteiger partial charge in [0.2, 0.25) is 0 Å². The molecule has 0 spiro atoms. The fraction of sp³-hybridized carbons (Fsp3) is 0.111. The molecule has 2 nitrogen and oxygen atoms in total. The number of aromatic nitrogens is 2. The molecule has 74 heavy (non-hydrogen) atoms. The van der Waals surface area contributed by atoms with E-state index in [4.69, 9.17) is 9.97 Å². The van der Waals surface area contributed by atoms with Crippen LogP contribution in [0.5, 0.6) is 0 Å². The Bertz CT molecular complexity index is 4060. The maximum Gasteiger partial charge on any atom is 0.0975 e. The van der Waals surface area contributed by atoms with Gasteiger partial charge in [0.25, 0.3) is 0 Å². The molecule has 0 saturated heterocycles. The van der Waals surface area contributed by atoms with Crippen LogP contribution in [-0.2, 0) is 10.8 Å². The quantitative estimate of drug-likeness (QED) is 0.155. The molecule has 352 valence electrons. The third-order valence-electron chi connectivity index (χ3n) is 16.8. The van der Waals surface area contributed by atoms with E-state index in [2.05, 4.69) is 260 Å². The summed E-state index contributed by atoms with van der Waals surface area (Å²) in [6.45, 7) is 13.5. The fourth-order valence-corrected chi connectivity index (χ4v) is 12.6.